The number of halogens is 2. The molecular formula is C16H26Cl2N4O2. The highest BCUT2D eigenvalue weighted by Gasteiger charge is 2.09. The Kier molecular flexibility index (Phi) is 9.64. The number of methoxy groups -OCH3 is 1. The fourth-order valence-corrected chi connectivity index (χ4v) is 2.63. The number of guanidine groups is 1. The van der Waals surface area contributed by atoms with Crippen LogP contribution in [0.4, 0.5) is 0 Å². The lowest BCUT2D eigenvalue weighted by atomic mass is 10.1. The molecule has 0 saturated carbocycles. The predicted molar refractivity (Wildman–Crippen MR) is 98.7 cm³/mol. The van der Waals surface area contributed by atoms with Crippen LogP contribution in [0.1, 0.15) is 37.8 Å². The molecule has 0 radical (unpaired) electrons. The summed E-state index contributed by atoms with van der Waals surface area (Å²) in [6, 6.07) is 1.84. The molecule has 0 fully saturated rings. The summed E-state index contributed by atoms with van der Waals surface area (Å²) in [4.78, 5) is 15.2. The zero-order valence-corrected chi connectivity index (χ0v) is 16.0. The number of esters is 1. The van der Waals surface area contributed by atoms with Crippen LogP contribution >= 0.6 is 23.2 Å². The smallest absolute Gasteiger partial charge is 0.305 e. The number of aliphatic imine (C=N–C) groups is 1. The highest BCUT2D eigenvalue weighted by molar-refractivity contribution is 6.41. The fraction of sp³-hybridized carbons (Fsp3) is 0.625. The first-order chi connectivity index (χ1) is 11.5. The van der Waals surface area contributed by atoms with E-state index >= 15 is 0 Å². The van der Waals surface area contributed by atoms with Gasteiger partial charge in [0.1, 0.15) is 5.15 Å². The topological polar surface area (TPSA) is 67.7 Å². The predicted octanol–water partition coefficient (Wildman–Crippen LogP) is 3.12. The Bertz CT molecular complexity index is 559. The van der Waals surface area contributed by atoms with Gasteiger partial charge in [-0.15, -0.1) is 0 Å². The number of nitrogens with one attached hydrogen (secondary N) is 2. The molecule has 1 heterocycles. The lowest BCUT2D eigenvalue weighted by molar-refractivity contribution is -0.140. The van der Waals surface area contributed by atoms with Gasteiger partial charge in [-0.3, -0.25) is 9.79 Å². The molecule has 136 valence electrons. The molecule has 0 amide bonds. The average Bonchev–Trinajstić information content (AvgIpc) is 2.83. The van der Waals surface area contributed by atoms with E-state index < -0.39 is 0 Å². The molecule has 1 aromatic heterocycles. The van der Waals surface area contributed by atoms with Gasteiger partial charge in [0, 0.05) is 32.8 Å². The number of nitrogens with zero attached hydrogens (tertiary/aromatic N) is 2. The highest BCUT2D eigenvalue weighted by atomic mass is 35.5. The van der Waals surface area contributed by atoms with Crippen molar-refractivity contribution in [3.8, 4) is 0 Å². The number of carbonyl (C=O) groups excluding carboxylic acids is 1. The minimum absolute atomic E-state index is 0.140. The van der Waals surface area contributed by atoms with Gasteiger partial charge in [0.2, 0.25) is 0 Å². The molecule has 8 heteroatoms. The van der Waals surface area contributed by atoms with Crippen LogP contribution in [0, 0.1) is 0 Å². The third-order valence-electron chi connectivity index (χ3n) is 3.70. The number of hydrogen-bond acceptors (Lipinski definition) is 3. The largest absolute Gasteiger partial charge is 0.469 e. The second-order valence-corrected chi connectivity index (χ2v) is 6.19. The van der Waals surface area contributed by atoms with Crippen molar-refractivity contribution in [3.05, 3.63) is 21.9 Å². The molecule has 0 aliphatic heterocycles. The number of aromatic nitrogens is 1. The van der Waals surface area contributed by atoms with Gasteiger partial charge in [0.25, 0.3) is 0 Å². The van der Waals surface area contributed by atoms with E-state index in [1.807, 2.05) is 17.7 Å². The van der Waals surface area contributed by atoms with E-state index in [9.17, 15) is 4.79 Å². The van der Waals surface area contributed by atoms with Crippen LogP contribution in [0.15, 0.2) is 11.1 Å². The van der Waals surface area contributed by atoms with Gasteiger partial charge in [-0.1, -0.05) is 36.0 Å². The van der Waals surface area contributed by atoms with Crippen molar-refractivity contribution in [2.24, 2.45) is 12.0 Å². The first kappa shape index (κ1) is 20.6. The molecule has 2 N–H and O–H groups in total. The number of ether oxygens (including phenoxy) is 1. The molecule has 0 aromatic carbocycles. The molecule has 0 atom stereocenters. The van der Waals surface area contributed by atoms with Crippen molar-refractivity contribution in [3.63, 3.8) is 0 Å². The van der Waals surface area contributed by atoms with Gasteiger partial charge in [-0.2, -0.15) is 0 Å². The first-order valence-corrected chi connectivity index (χ1v) is 8.76. The van der Waals surface area contributed by atoms with E-state index in [2.05, 4.69) is 20.4 Å². The van der Waals surface area contributed by atoms with E-state index in [1.54, 1.807) is 7.05 Å². The van der Waals surface area contributed by atoms with Crippen LogP contribution in [0.25, 0.3) is 0 Å². The molecule has 0 spiro atoms. The normalized spacial score (nSPS) is 11.5. The Labute approximate surface area is 153 Å². The fourth-order valence-electron chi connectivity index (χ4n) is 2.21. The van der Waals surface area contributed by atoms with Crippen LogP contribution < -0.4 is 10.6 Å². The second-order valence-electron chi connectivity index (χ2n) is 5.43. The van der Waals surface area contributed by atoms with Crippen molar-refractivity contribution in [1.29, 1.82) is 0 Å². The average molecular weight is 377 g/mol. The quantitative estimate of drug-likeness (QED) is 0.300. The standard InChI is InChI=1S/C16H26Cl2N4O2/c1-19-16(20-9-7-5-4-6-8-14(23)24-3)21-11-12-10-13(17)15(18)22(12)2/h10H,4-9,11H2,1-3H3,(H2,19,20,21). The van der Waals surface area contributed by atoms with Gasteiger partial charge in [-0.25, -0.2) is 0 Å². The summed E-state index contributed by atoms with van der Waals surface area (Å²) in [5.41, 5.74) is 0.982. The molecule has 0 aliphatic rings. The van der Waals surface area contributed by atoms with Crippen molar-refractivity contribution >= 4 is 35.1 Å². The number of rotatable bonds is 9. The van der Waals surface area contributed by atoms with Crippen LogP contribution in [-0.4, -0.2) is 37.2 Å². The van der Waals surface area contributed by atoms with Crippen LogP contribution in [0.2, 0.25) is 10.2 Å². The lowest BCUT2D eigenvalue weighted by Gasteiger charge is -2.12. The summed E-state index contributed by atoms with van der Waals surface area (Å²) in [7, 11) is 5.02. The summed E-state index contributed by atoms with van der Waals surface area (Å²) in [6.07, 6.45) is 4.46. The van der Waals surface area contributed by atoms with Crippen molar-refractivity contribution in [1.82, 2.24) is 15.2 Å². The Morgan fingerprint density at radius 2 is 1.96 bits per heavy atom. The van der Waals surface area contributed by atoms with Crippen LogP contribution in [0.3, 0.4) is 0 Å². The first-order valence-electron chi connectivity index (χ1n) is 8.00. The second kappa shape index (κ2) is 11.2. The summed E-state index contributed by atoms with van der Waals surface area (Å²) in [5.74, 6) is 0.594. The third-order valence-corrected chi connectivity index (χ3v) is 4.55. The minimum Gasteiger partial charge on any atom is -0.469 e. The molecule has 0 bridgehead atoms. The molecule has 0 unspecified atom stereocenters. The van der Waals surface area contributed by atoms with Gasteiger partial charge in [0.05, 0.1) is 18.7 Å². The molecular weight excluding hydrogens is 351 g/mol. The number of hydrogen-bond donors (Lipinski definition) is 2. The van der Waals surface area contributed by atoms with Gasteiger partial charge in [-0.05, 0) is 18.9 Å². The molecule has 0 saturated heterocycles. The Balaban J connectivity index is 2.19. The van der Waals surface area contributed by atoms with Gasteiger partial charge in [0.15, 0.2) is 5.96 Å². The van der Waals surface area contributed by atoms with E-state index in [0.29, 0.717) is 23.1 Å². The van der Waals surface area contributed by atoms with E-state index in [4.69, 9.17) is 23.2 Å². The van der Waals surface area contributed by atoms with Crippen molar-refractivity contribution in [2.75, 3.05) is 20.7 Å². The van der Waals surface area contributed by atoms with Crippen molar-refractivity contribution < 1.29 is 9.53 Å². The van der Waals surface area contributed by atoms with Crippen molar-refractivity contribution in [2.45, 2.75) is 38.6 Å². The minimum atomic E-state index is -0.140. The summed E-state index contributed by atoms with van der Waals surface area (Å²) < 4.78 is 6.45. The Hall–Kier alpha value is -1.40. The zero-order chi connectivity index (χ0) is 17.9. The van der Waals surface area contributed by atoms with Gasteiger partial charge >= 0.3 is 5.97 Å². The monoisotopic (exact) mass is 376 g/mol. The lowest BCUT2D eigenvalue weighted by Crippen LogP contribution is -2.37. The molecule has 0 aliphatic carbocycles. The van der Waals surface area contributed by atoms with E-state index in [1.165, 1.54) is 7.11 Å². The van der Waals surface area contributed by atoms with E-state index in [0.717, 1.165) is 43.9 Å². The van der Waals surface area contributed by atoms with Crippen LogP contribution in [-0.2, 0) is 23.1 Å². The molecule has 6 nitrogen and oxygen atoms in total. The number of unbranched alkanes of at least 4 members (excludes halogenated alkanes) is 3. The Morgan fingerprint density at radius 3 is 2.54 bits per heavy atom. The van der Waals surface area contributed by atoms with Gasteiger partial charge < -0.3 is 19.9 Å². The summed E-state index contributed by atoms with van der Waals surface area (Å²) in [5, 5.41) is 7.57. The maximum absolute atomic E-state index is 11.0. The van der Waals surface area contributed by atoms with E-state index in [-0.39, 0.29) is 5.97 Å². The maximum atomic E-state index is 11.0. The maximum Gasteiger partial charge on any atom is 0.305 e. The summed E-state index contributed by atoms with van der Waals surface area (Å²) >= 11 is 12.1. The Morgan fingerprint density at radius 1 is 1.25 bits per heavy atom. The molecule has 1 rings (SSSR count). The highest BCUT2D eigenvalue weighted by Crippen LogP contribution is 2.24. The molecule has 24 heavy (non-hydrogen) atoms. The van der Waals surface area contributed by atoms with Crippen LogP contribution in [0.5, 0.6) is 0 Å². The third kappa shape index (κ3) is 7.01. The number of carbonyl (C=O) groups is 1. The summed E-state index contributed by atoms with van der Waals surface area (Å²) in [6.45, 7) is 1.41. The zero-order valence-electron chi connectivity index (χ0n) is 14.5. The molecule has 1 aromatic rings. The SMILES string of the molecule is CN=C(NCCCCCCC(=O)OC)NCc1cc(Cl)c(Cl)n1C.